The summed E-state index contributed by atoms with van der Waals surface area (Å²) in [6.45, 7) is 2.14. The fourth-order valence-corrected chi connectivity index (χ4v) is 3.12. The number of halogens is 3. The third-order valence-electron chi connectivity index (χ3n) is 3.16. The van der Waals surface area contributed by atoms with Crippen LogP contribution in [0, 0.1) is 0 Å². The maximum absolute atomic E-state index is 12.2. The van der Waals surface area contributed by atoms with Gasteiger partial charge in [-0.3, -0.25) is 0 Å². The standard InChI is InChI=1S/C11H20F3NO2S/c1-2-3-4-5-6-7-8-10-9-15(10)18(16,17)11(12,13)14/h10H,2-9H2,1H3. The second-order valence-electron chi connectivity index (χ2n) is 4.73. The molecule has 1 heterocycles. The van der Waals surface area contributed by atoms with Gasteiger partial charge < -0.3 is 0 Å². The molecule has 0 amide bonds. The van der Waals surface area contributed by atoms with E-state index in [1.165, 1.54) is 6.42 Å². The van der Waals surface area contributed by atoms with Crippen LogP contribution in [0.25, 0.3) is 0 Å². The van der Waals surface area contributed by atoms with Crippen LogP contribution in [0.2, 0.25) is 0 Å². The van der Waals surface area contributed by atoms with Crippen LogP contribution in [0.15, 0.2) is 0 Å². The Morgan fingerprint density at radius 1 is 1.11 bits per heavy atom. The summed E-state index contributed by atoms with van der Waals surface area (Å²) in [5, 5.41) is 0. The summed E-state index contributed by atoms with van der Waals surface area (Å²) in [7, 11) is -5.07. The van der Waals surface area contributed by atoms with Crippen molar-refractivity contribution in [3.8, 4) is 0 Å². The van der Waals surface area contributed by atoms with Crippen LogP contribution in [-0.2, 0) is 10.0 Å². The van der Waals surface area contributed by atoms with Crippen molar-refractivity contribution in [3.63, 3.8) is 0 Å². The lowest BCUT2D eigenvalue weighted by atomic mass is 10.1. The smallest absolute Gasteiger partial charge is 0.203 e. The van der Waals surface area contributed by atoms with Crippen molar-refractivity contribution < 1.29 is 21.6 Å². The molecule has 1 saturated heterocycles. The van der Waals surface area contributed by atoms with E-state index in [2.05, 4.69) is 6.92 Å². The van der Waals surface area contributed by atoms with Gasteiger partial charge in [0.2, 0.25) is 0 Å². The average molecular weight is 287 g/mol. The summed E-state index contributed by atoms with van der Waals surface area (Å²) in [6, 6.07) is -0.428. The minimum atomic E-state index is -5.15. The molecule has 0 saturated carbocycles. The zero-order valence-electron chi connectivity index (χ0n) is 10.5. The van der Waals surface area contributed by atoms with E-state index in [9.17, 15) is 21.6 Å². The highest BCUT2D eigenvalue weighted by Gasteiger charge is 2.57. The van der Waals surface area contributed by atoms with Crippen molar-refractivity contribution in [1.82, 2.24) is 4.31 Å². The third-order valence-corrected chi connectivity index (χ3v) is 4.81. The molecule has 3 nitrogen and oxygen atoms in total. The van der Waals surface area contributed by atoms with Gasteiger partial charge >= 0.3 is 15.5 Å². The molecule has 1 aliphatic rings. The molecular weight excluding hydrogens is 267 g/mol. The summed E-state index contributed by atoms with van der Waals surface area (Å²) in [5.74, 6) is 0. The first kappa shape index (κ1) is 15.8. The first-order valence-electron chi connectivity index (χ1n) is 6.39. The van der Waals surface area contributed by atoms with E-state index in [0.29, 0.717) is 10.7 Å². The number of hydrogen-bond acceptors (Lipinski definition) is 2. The van der Waals surface area contributed by atoms with Gasteiger partial charge in [0.1, 0.15) is 0 Å². The Labute approximate surface area is 106 Å². The lowest BCUT2D eigenvalue weighted by Crippen LogP contribution is -2.30. The maximum atomic E-state index is 12.2. The summed E-state index contributed by atoms with van der Waals surface area (Å²) < 4.78 is 59.1. The highest BCUT2D eigenvalue weighted by Crippen LogP contribution is 2.36. The number of sulfonamides is 1. The molecule has 1 fully saturated rings. The minimum Gasteiger partial charge on any atom is -0.203 e. The van der Waals surface area contributed by atoms with Gasteiger partial charge in [0.15, 0.2) is 0 Å². The molecule has 108 valence electrons. The molecule has 0 N–H and O–H groups in total. The van der Waals surface area contributed by atoms with Crippen LogP contribution in [-0.4, -0.2) is 30.8 Å². The first-order valence-corrected chi connectivity index (χ1v) is 7.83. The number of nitrogens with zero attached hydrogens (tertiary/aromatic N) is 1. The van der Waals surface area contributed by atoms with Gasteiger partial charge in [-0.25, -0.2) is 8.42 Å². The van der Waals surface area contributed by atoms with Crippen LogP contribution >= 0.6 is 0 Å². The molecule has 0 spiro atoms. The van der Waals surface area contributed by atoms with Gasteiger partial charge in [0, 0.05) is 12.6 Å². The van der Waals surface area contributed by atoms with Gasteiger partial charge in [0.25, 0.3) is 0 Å². The third kappa shape index (κ3) is 4.12. The Bertz CT molecular complexity index is 354. The maximum Gasteiger partial charge on any atom is 0.511 e. The van der Waals surface area contributed by atoms with E-state index < -0.39 is 21.6 Å². The molecule has 2 atom stereocenters. The van der Waals surface area contributed by atoms with Gasteiger partial charge in [-0.05, 0) is 6.42 Å². The summed E-state index contributed by atoms with van der Waals surface area (Å²) in [4.78, 5) is 0. The number of hydrogen-bond donors (Lipinski definition) is 0. The van der Waals surface area contributed by atoms with Crippen molar-refractivity contribution in [2.24, 2.45) is 0 Å². The molecule has 18 heavy (non-hydrogen) atoms. The molecule has 1 aliphatic heterocycles. The van der Waals surface area contributed by atoms with Crippen LogP contribution in [0.5, 0.6) is 0 Å². The number of alkyl halides is 3. The highest BCUT2D eigenvalue weighted by molar-refractivity contribution is 7.90. The Kier molecular flexibility index (Phi) is 5.46. The first-order chi connectivity index (χ1) is 8.30. The second-order valence-corrected chi connectivity index (χ2v) is 6.61. The van der Waals surface area contributed by atoms with Gasteiger partial charge in [-0.1, -0.05) is 45.4 Å². The Morgan fingerprint density at radius 2 is 1.67 bits per heavy atom. The average Bonchev–Trinajstić information content (AvgIpc) is 3.01. The van der Waals surface area contributed by atoms with E-state index >= 15 is 0 Å². The van der Waals surface area contributed by atoms with Crippen LogP contribution < -0.4 is 0 Å². The normalized spacial score (nSPS) is 24.2. The molecule has 0 radical (unpaired) electrons. The van der Waals surface area contributed by atoms with Crippen LogP contribution in [0.3, 0.4) is 0 Å². The lowest BCUT2D eigenvalue weighted by Gasteiger charge is -2.09. The minimum absolute atomic E-state index is 0.0246. The monoisotopic (exact) mass is 287 g/mol. The molecule has 0 aromatic rings. The zero-order valence-corrected chi connectivity index (χ0v) is 11.4. The van der Waals surface area contributed by atoms with Crippen LogP contribution in [0.1, 0.15) is 51.9 Å². The predicted molar refractivity (Wildman–Crippen MR) is 63.5 cm³/mol. The largest absolute Gasteiger partial charge is 0.511 e. The van der Waals surface area contributed by atoms with E-state index in [1.54, 1.807) is 0 Å². The number of unbranched alkanes of at least 4 members (excludes halogenated alkanes) is 5. The van der Waals surface area contributed by atoms with Gasteiger partial charge in [-0.15, -0.1) is 0 Å². The van der Waals surface area contributed by atoms with Crippen molar-refractivity contribution >= 4 is 10.0 Å². The number of rotatable bonds is 8. The van der Waals surface area contributed by atoms with E-state index in [4.69, 9.17) is 0 Å². The summed E-state index contributed by atoms with van der Waals surface area (Å²) >= 11 is 0. The van der Waals surface area contributed by atoms with E-state index in [0.717, 1.165) is 32.1 Å². The SMILES string of the molecule is CCCCCCCCC1CN1S(=O)(=O)C(F)(F)F. The van der Waals surface area contributed by atoms with E-state index in [-0.39, 0.29) is 6.54 Å². The van der Waals surface area contributed by atoms with Crippen LogP contribution in [0.4, 0.5) is 13.2 Å². The van der Waals surface area contributed by atoms with E-state index in [1.807, 2.05) is 0 Å². The molecule has 7 heteroatoms. The lowest BCUT2D eigenvalue weighted by molar-refractivity contribution is -0.0467. The molecule has 0 aliphatic carbocycles. The molecule has 1 rings (SSSR count). The van der Waals surface area contributed by atoms with Crippen molar-refractivity contribution in [2.45, 2.75) is 63.4 Å². The summed E-state index contributed by atoms with van der Waals surface area (Å²) in [6.07, 6.45) is 6.87. The Hall–Kier alpha value is -0.300. The molecular formula is C11H20F3NO2S. The predicted octanol–water partition coefficient (Wildman–Crippen LogP) is 3.27. The zero-order chi connectivity index (χ0) is 13.8. The molecule has 0 aromatic carbocycles. The second kappa shape index (κ2) is 6.23. The van der Waals surface area contributed by atoms with Gasteiger partial charge in [-0.2, -0.15) is 17.5 Å². The molecule has 2 unspecified atom stereocenters. The molecule has 0 aromatic heterocycles. The Morgan fingerprint density at radius 3 is 2.22 bits per heavy atom. The topological polar surface area (TPSA) is 37.1 Å². The quantitative estimate of drug-likeness (QED) is 0.507. The summed E-state index contributed by atoms with van der Waals surface area (Å²) in [5.41, 5.74) is -5.15. The fraction of sp³-hybridized carbons (Fsp3) is 1.00. The Balaban J connectivity index is 2.18. The molecule has 0 bridgehead atoms. The highest BCUT2D eigenvalue weighted by atomic mass is 32.2. The fourth-order valence-electron chi connectivity index (χ4n) is 1.98. The van der Waals surface area contributed by atoms with Crippen molar-refractivity contribution in [2.75, 3.05) is 6.54 Å². The van der Waals surface area contributed by atoms with Crippen molar-refractivity contribution in [1.29, 1.82) is 0 Å². The van der Waals surface area contributed by atoms with Crippen molar-refractivity contribution in [3.05, 3.63) is 0 Å². The van der Waals surface area contributed by atoms with Gasteiger partial charge in [0.05, 0.1) is 0 Å².